The minimum atomic E-state index is 0.639. The molecule has 2 heterocycles. The third-order valence-electron chi connectivity index (χ3n) is 2.56. The number of thiazole rings is 1. The highest BCUT2D eigenvalue weighted by atomic mass is 32.1. The quantitative estimate of drug-likeness (QED) is 0.881. The van der Waals surface area contributed by atoms with Crippen molar-refractivity contribution < 1.29 is 0 Å². The zero-order valence-electron chi connectivity index (χ0n) is 9.84. The van der Waals surface area contributed by atoms with Gasteiger partial charge in [0.2, 0.25) is 0 Å². The Morgan fingerprint density at radius 2 is 2.06 bits per heavy atom. The molecule has 0 bridgehead atoms. The van der Waals surface area contributed by atoms with E-state index in [1.54, 1.807) is 0 Å². The molecule has 2 aromatic heterocycles. The summed E-state index contributed by atoms with van der Waals surface area (Å²) in [4.78, 5) is 10.6. The first-order valence-electron chi connectivity index (χ1n) is 5.59. The van der Waals surface area contributed by atoms with Gasteiger partial charge >= 0.3 is 0 Å². The molecule has 0 aliphatic heterocycles. The second-order valence-corrected chi connectivity index (χ2v) is 4.73. The molecule has 2 rings (SSSR count). The number of nitrogens with zero attached hydrogens (tertiary/aromatic N) is 3. The van der Waals surface area contributed by atoms with Crippen LogP contribution in [-0.4, -0.2) is 21.4 Å². The Balaban J connectivity index is 1.98. The minimum absolute atomic E-state index is 0.639. The fourth-order valence-corrected chi connectivity index (χ4v) is 2.20. The lowest BCUT2D eigenvalue weighted by Gasteiger charge is -2.19. The zero-order valence-corrected chi connectivity index (χ0v) is 10.7. The summed E-state index contributed by atoms with van der Waals surface area (Å²) in [5, 5.41) is 2.66. The van der Waals surface area contributed by atoms with Crippen LogP contribution in [0.5, 0.6) is 0 Å². The van der Waals surface area contributed by atoms with Gasteiger partial charge in [0.1, 0.15) is 0 Å². The van der Waals surface area contributed by atoms with E-state index >= 15 is 0 Å². The molecule has 0 saturated carbocycles. The number of hydrogen-bond donors (Lipinski definition) is 1. The van der Waals surface area contributed by atoms with Gasteiger partial charge in [-0.1, -0.05) is 6.92 Å². The lowest BCUT2D eigenvalue weighted by Crippen LogP contribution is -2.22. The van der Waals surface area contributed by atoms with E-state index in [0.717, 1.165) is 25.3 Å². The van der Waals surface area contributed by atoms with Gasteiger partial charge in [0.25, 0.3) is 0 Å². The molecule has 0 aliphatic rings. The van der Waals surface area contributed by atoms with Crippen LogP contribution in [0.15, 0.2) is 29.9 Å². The van der Waals surface area contributed by atoms with Crippen molar-refractivity contribution in [1.29, 1.82) is 0 Å². The average Bonchev–Trinajstić information content (AvgIpc) is 2.75. The Morgan fingerprint density at radius 1 is 1.29 bits per heavy atom. The van der Waals surface area contributed by atoms with E-state index in [1.807, 2.05) is 29.9 Å². The normalized spacial score (nSPS) is 10.9. The first-order valence-corrected chi connectivity index (χ1v) is 6.47. The zero-order chi connectivity index (χ0) is 12.1. The van der Waals surface area contributed by atoms with E-state index in [1.165, 1.54) is 16.9 Å². The molecule has 0 fully saturated rings. The standard InChI is InChI=1S/C12H16N4S/c1-2-16(7-10-3-5-14-6-4-10)8-11-9-17-12(13)15-11/h3-6,9H,2,7-8H2,1H3,(H2,13,15). The molecule has 0 aliphatic carbocycles. The van der Waals surface area contributed by atoms with Crippen molar-refractivity contribution >= 4 is 16.5 Å². The number of pyridine rings is 1. The number of nitrogens with two attached hydrogens (primary N) is 1. The van der Waals surface area contributed by atoms with E-state index in [4.69, 9.17) is 5.73 Å². The Bertz CT molecular complexity index is 455. The summed E-state index contributed by atoms with van der Waals surface area (Å²) < 4.78 is 0. The Kier molecular flexibility index (Phi) is 4.06. The second-order valence-electron chi connectivity index (χ2n) is 3.84. The van der Waals surface area contributed by atoms with E-state index in [2.05, 4.69) is 21.8 Å². The molecule has 0 atom stereocenters. The topological polar surface area (TPSA) is 55.0 Å². The lowest BCUT2D eigenvalue weighted by atomic mass is 10.2. The Morgan fingerprint density at radius 3 is 2.65 bits per heavy atom. The SMILES string of the molecule is CCN(Cc1ccncc1)Cc1csc(N)n1. The number of rotatable bonds is 5. The fraction of sp³-hybridized carbons (Fsp3) is 0.333. The van der Waals surface area contributed by atoms with Crippen LogP contribution in [0.4, 0.5) is 5.13 Å². The molecule has 0 aromatic carbocycles. The molecular weight excluding hydrogens is 232 g/mol. The number of aromatic nitrogens is 2. The van der Waals surface area contributed by atoms with E-state index in [0.29, 0.717) is 5.13 Å². The highest BCUT2D eigenvalue weighted by molar-refractivity contribution is 7.13. The predicted octanol–water partition coefficient (Wildman–Crippen LogP) is 2.14. The molecule has 0 saturated heterocycles. The van der Waals surface area contributed by atoms with Crippen LogP contribution in [0.2, 0.25) is 0 Å². The maximum absolute atomic E-state index is 5.63. The van der Waals surface area contributed by atoms with Gasteiger partial charge in [-0.05, 0) is 24.2 Å². The monoisotopic (exact) mass is 248 g/mol. The first kappa shape index (κ1) is 12.0. The molecule has 5 heteroatoms. The van der Waals surface area contributed by atoms with Crippen molar-refractivity contribution in [2.24, 2.45) is 0 Å². The molecule has 0 radical (unpaired) electrons. The molecule has 90 valence electrons. The first-order chi connectivity index (χ1) is 8.28. The summed E-state index contributed by atoms with van der Waals surface area (Å²) in [6, 6.07) is 4.08. The van der Waals surface area contributed by atoms with Gasteiger partial charge in [0.15, 0.2) is 5.13 Å². The fourth-order valence-electron chi connectivity index (χ4n) is 1.65. The number of hydrogen-bond acceptors (Lipinski definition) is 5. The smallest absolute Gasteiger partial charge is 0.180 e. The van der Waals surface area contributed by atoms with Crippen LogP contribution in [0.25, 0.3) is 0 Å². The van der Waals surface area contributed by atoms with Gasteiger partial charge in [-0.25, -0.2) is 4.98 Å². The molecule has 17 heavy (non-hydrogen) atoms. The largest absolute Gasteiger partial charge is 0.375 e. The lowest BCUT2D eigenvalue weighted by molar-refractivity contribution is 0.268. The molecule has 2 N–H and O–H groups in total. The van der Waals surface area contributed by atoms with Crippen molar-refractivity contribution in [2.75, 3.05) is 12.3 Å². The molecule has 4 nitrogen and oxygen atoms in total. The van der Waals surface area contributed by atoms with Crippen molar-refractivity contribution in [1.82, 2.24) is 14.9 Å². The Hall–Kier alpha value is -1.46. The van der Waals surface area contributed by atoms with Crippen LogP contribution in [0.1, 0.15) is 18.2 Å². The maximum atomic E-state index is 5.63. The molecule has 2 aromatic rings. The van der Waals surface area contributed by atoms with Gasteiger partial charge in [-0.2, -0.15) is 0 Å². The van der Waals surface area contributed by atoms with E-state index < -0.39 is 0 Å². The van der Waals surface area contributed by atoms with Crippen LogP contribution in [0.3, 0.4) is 0 Å². The third kappa shape index (κ3) is 3.51. The summed E-state index contributed by atoms with van der Waals surface area (Å²) in [5.41, 5.74) is 7.94. The number of nitrogen functional groups attached to an aromatic ring is 1. The van der Waals surface area contributed by atoms with Crippen molar-refractivity contribution in [3.05, 3.63) is 41.2 Å². The van der Waals surface area contributed by atoms with Crippen LogP contribution in [-0.2, 0) is 13.1 Å². The minimum Gasteiger partial charge on any atom is -0.375 e. The molecule has 0 unspecified atom stereocenters. The van der Waals surface area contributed by atoms with Gasteiger partial charge in [0.05, 0.1) is 5.69 Å². The summed E-state index contributed by atoms with van der Waals surface area (Å²) >= 11 is 1.49. The van der Waals surface area contributed by atoms with Crippen LogP contribution < -0.4 is 5.73 Å². The maximum Gasteiger partial charge on any atom is 0.180 e. The van der Waals surface area contributed by atoms with Gasteiger partial charge < -0.3 is 5.73 Å². The summed E-state index contributed by atoms with van der Waals surface area (Å²) in [5.74, 6) is 0. The van der Waals surface area contributed by atoms with Gasteiger partial charge in [0, 0.05) is 30.9 Å². The predicted molar refractivity (Wildman–Crippen MR) is 70.6 cm³/mol. The molecule has 0 spiro atoms. The average molecular weight is 248 g/mol. The van der Waals surface area contributed by atoms with E-state index in [9.17, 15) is 0 Å². The molecule has 0 amide bonds. The van der Waals surface area contributed by atoms with E-state index in [-0.39, 0.29) is 0 Å². The Labute approximate surface area is 105 Å². The number of anilines is 1. The molecular formula is C12H16N4S. The van der Waals surface area contributed by atoms with Crippen molar-refractivity contribution in [2.45, 2.75) is 20.0 Å². The summed E-state index contributed by atoms with van der Waals surface area (Å²) in [6.45, 7) is 4.89. The second kappa shape index (κ2) is 5.75. The summed E-state index contributed by atoms with van der Waals surface area (Å²) in [6.07, 6.45) is 3.65. The van der Waals surface area contributed by atoms with Gasteiger partial charge in [-0.15, -0.1) is 11.3 Å². The highest BCUT2D eigenvalue weighted by Crippen LogP contribution is 2.14. The highest BCUT2D eigenvalue weighted by Gasteiger charge is 2.07. The third-order valence-corrected chi connectivity index (χ3v) is 3.28. The van der Waals surface area contributed by atoms with Crippen LogP contribution in [0, 0.1) is 0 Å². The van der Waals surface area contributed by atoms with Crippen LogP contribution >= 0.6 is 11.3 Å². The van der Waals surface area contributed by atoms with Crippen molar-refractivity contribution in [3.63, 3.8) is 0 Å². The van der Waals surface area contributed by atoms with Gasteiger partial charge in [-0.3, -0.25) is 9.88 Å². The summed E-state index contributed by atoms with van der Waals surface area (Å²) in [7, 11) is 0. The van der Waals surface area contributed by atoms with Crippen molar-refractivity contribution in [3.8, 4) is 0 Å².